The molecule has 0 amide bonds. The maximum atomic E-state index is 12.6. The van der Waals surface area contributed by atoms with Crippen LogP contribution in [0.25, 0.3) is 11.0 Å². The highest BCUT2D eigenvalue weighted by atomic mass is 32.2. The molecule has 0 spiro atoms. The van der Waals surface area contributed by atoms with Gasteiger partial charge in [0.15, 0.2) is 5.75 Å². The Kier molecular flexibility index (Phi) is 4.71. The number of hydrogen-bond acceptors (Lipinski definition) is 4. The Morgan fingerprint density at radius 3 is 2.86 bits per heavy atom. The highest BCUT2D eigenvalue weighted by Crippen LogP contribution is 2.25. The number of aromatic amines is 1. The monoisotopic (exact) mass is 331 g/mol. The highest BCUT2D eigenvalue weighted by Gasteiger charge is 2.19. The maximum Gasteiger partial charge on any atom is 0.322 e. The Balaban J connectivity index is 1.84. The van der Waals surface area contributed by atoms with Crippen molar-refractivity contribution in [3.63, 3.8) is 0 Å². The number of nitrogens with zero attached hydrogens (tertiary/aromatic N) is 2. The lowest BCUT2D eigenvalue weighted by Crippen LogP contribution is -2.10. The summed E-state index contributed by atoms with van der Waals surface area (Å²) in [6.45, 7) is 4.16. The summed E-state index contributed by atoms with van der Waals surface area (Å²) in [5.41, 5.74) is 3.73. The van der Waals surface area contributed by atoms with Crippen molar-refractivity contribution < 1.29 is 4.55 Å². The second-order valence-corrected chi connectivity index (χ2v) is 7.54. The normalized spacial score (nSPS) is 12.7. The van der Waals surface area contributed by atoms with Crippen LogP contribution in [0, 0.1) is 6.92 Å². The predicted molar refractivity (Wildman–Crippen MR) is 91.6 cm³/mol. The first kappa shape index (κ1) is 15.4. The molecule has 0 radical (unpaired) electrons. The van der Waals surface area contributed by atoms with Crippen LogP contribution in [0.5, 0.6) is 0 Å². The molecule has 0 fully saturated rings. The Bertz CT molecular complexity index is 755. The van der Waals surface area contributed by atoms with Crippen LogP contribution in [0.15, 0.2) is 46.6 Å². The smallest absolute Gasteiger partial charge is 0.322 e. The minimum Gasteiger partial charge on any atom is -0.609 e. The molecule has 6 heteroatoms. The zero-order chi connectivity index (χ0) is 15.5. The van der Waals surface area contributed by atoms with Gasteiger partial charge >= 0.3 is 5.16 Å². The summed E-state index contributed by atoms with van der Waals surface area (Å²) in [5, 5.41) is 0.510. The predicted octanol–water partition coefficient (Wildman–Crippen LogP) is 3.69. The molecule has 1 aromatic carbocycles. The van der Waals surface area contributed by atoms with Crippen molar-refractivity contribution in [2.75, 3.05) is 5.75 Å². The van der Waals surface area contributed by atoms with E-state index in [2.05, 4.69) is 21.9 Å². The van der Waals surface area contributed by atoms with E-state index in [1.165, 1.54) is 4.90 Å². The van der Waals surface area contributed by atoms with Crippen molar-refractivity contribution in [2.45, 2.75) is 29.7 Å². The third-order valence-corrected chi connectivity index (χ3v) is 5.61. The number of H-pyrrole nitrogens is 1. The van der Waals surface area contributed by atoms with Gasteiger partial charge in [0.25, 0.3) is 0 Å². The van der Waals surface area contributed by atoms with E-state index in [0.29, 0.717) is 10.9 Å². The summed E-state index contributed by atoms with van der Waals surface area (Å²) in [6, 6.07) is 9.72. The molecule has 2 aromatic heterocycles. The van der Waals surface area contributed by atoms with Gasteiger partial charge in [-0.2, -0.15) is 4.98 Å². The van der Waals surface area contributed by atoms with Crippen LogP contribution in [-0.2, 0) is 16.9 Å². The van der Waals surface area contributed by atoms with Crippen LogP contribution in [0.4, 0.5) is 0 Å². The average Bonchev–Trinajstić information content (AvgIpc) is 2.95. The van der Waals surface area contributed by atoms with Crippen LogP contribution >= 0.6 is 11.8 Å². The minimum absolute atomic E-state index is 0.379. The summed E-state index contributed by atoms with van der Waals surface area (Å²) < 4.78 is 12.6. The molecule has 114 valence electrons. The lowest BCUT2D eigenvalue weighted by molar-refractivity contribution is 0.586. The molecule has 0 saturated carbocycles. The van der Waals surface area contributed by atoms with Crippen molar-refractivity contribution in [3.8, 4) is 0 Å². The SMILES string of the molecule is CCSc1ccnc(C[S+]([O-])c2nc3ccccc3[nH]2)c1C. The van der Waals surface area contributed by atoms with Gasteiger partial charge in [-0.05, 0) is 36.4 Å². The average molecular weight is 331 g/mol. The van der Waals surface area contributed by atoms with Gasteiger partial charge in [0.1, 0.15) is 0 Å². The van der Waals surface area contributed by atoms with Gasteiger partial charge in [-0.1, -0.05) is 19.1 Å². The Morgan fingerprint density at radius 2 is 2.09 bits per heavy atom. The standard InChI is InChI=1S/C16H17N3OS2/c1-3-21-15-8-9-17-14(11(15)2)10-22(20)16-18-12-6-4-5-7-13(12)19-16/h4-9H,3,10H2,1-2H3,(H,18,19). The first-order chi connectivity index (χ1) is 10.7. The minimum atomic E-state index is -1.23. The third kappa shape index (κ3) is 3.14. The van der Waals surface area contributed by atoms with Gasteiger partial charge < -0.3 is 4.55 Å². The van der Waals surface area contributed by atoms with E-state index in [4.69, 9.17) is 0 Å². The number of pyridine rings is 1. The molecule has 3 aromatic rings. The van der Waals surface area contributed by atoms with Crippen molar-refractivity contribution in [1.29, 1.82) is 0 Å². The van der Waals surface area contributed by atoms with E-state index in [0.717, 1.165) is 28.0 Å². The fourth-order valence-corrected chi connectivity index (χ4v) is 4.15. The quantitative estimate of drug-likeness (QED) is 0.572. The summed E-state index contributed by atoms with van der Waals surface area (Å²) >= 11 is 0.552. The number of para-hydroxylation sites is 2. The third-order valence-electron chi connectivity index (χ3n) is 3.41. The largest absolute Gasteiger partial charge is 0.609 e. The number of imidazole rings is 1. The van der Waals surface area contributed by atoms with Crippen molar-refractivity contribution in [2.24, 2.45) is 0 Å². The summed E-state index contributed by atoms with van der Waals surface area (Å²) in [4.78, 5) is 13.1. The summed E-state index contributed by atoms with van der Waals surface area (Å²) in [6.07, 6.45) is 1.79. The number of aromatic nitrogens is 3. The lowest BCUT2D eigenvalue weighted by Gasteiger charge is -2.11. The van der Waals surface area contributed by atoms with Crippen LogP contribution in [-0.4, -0.2) is 25.3 Å². The fourth-order valence-electron chi connectivity index (χ4n) is 2.25. The zero-order valence-electron chi connectivity index (χ0n) is 12.5. The molecule has 0 aliphatic carbocycles. The second-order valence-electron chi connectivity index (χ2n) is 4.86. The number of rotatable bonds is 5. The van der Waals surface area contributed by atoms with Gasteiger partial charge in [0, 0.05) is 22.3 Å². The number of benzene rings is 1. The molecule has 1 unspecified atom stereocenters. The van der Waals surface area contributed by atoms with E-state index in [1.807, 2.05) is 37.3 Å². The molecule has 0 saturated heterocycles. The Labute approximate surface area is 136 Å². The number of thioether (sulfide) groups is 1. The molecule has 4 nitrogen and oxygen atoms in total. The fraction of sp³-hybridized carbons (Fsp3) is 0.250. The number of fused-ring (bicyclic) bond motifs is 1. The molecule has 0 aliphatic rings. The summed E-state index contributed by atoms with van der Waals surface area (Å²) in [7, 11) is 0. The molecule has 22 heavy (non-hydrogen) atoms. The zero-order valence-corrected chi connectivity index (χ0v) is 14.1. The molecule has 0 aliphatic heterocycles. The van der Waals surface area contributed by atoms with Crippen LogP contribution in [0.2, 0.25) is 0 Å². The van der Waals surface area contributed by atoms with E-state index in [9.17, 15) is 4.55 Å². The van der Waals surface area contributed by atoms with Crippen molar-refractivity contribution >= 4 is 34.0 Å². The van der Waals surface area contributed by atoms with Crippen LogP contribution < -0.4 is 0 Å². The maximum absolute atomic E-state index is 12.6. The Hall–Kier alpha value is -1.50. The number of nitrogens with one attached hydrogen (secondary N) is 1. The first-order valence-electron chi connectivity index (χ1n) is 7.09. The van der Waals surface area contributed by atoms with E-state index >= 15 is 0 Å². The van der Waals surface area contributed by atoms with Crippen molar-refractivity contribution in [3.05, 3.63) is 47.8 Å². The molecule has 1 N–H and O–H groups in total. The molecule has 0 bridgehead atoms. The van der Waals surface area contributed by atoms with Gasteiger partial charge in [-0.3, -0.25) is 9.97 Å². The van der Waals surface area contributed by atoms with E-state index in [1.54, 1.807) is 18.0 Å². The van der Waals surface area contributed by atoms with Gasteiger partial charge in [0.05, 0.1) is 16.7 Å². The highest BCUT2D eigenvalue weighted by molar-refractivity contribution is 7.99. The van der Waals surface area contributed by atoms with Crippen molar-refractivity contribution in [1.82, 2.24) is 15.0 Å². The number of hydrogen-bond donors (Lipinski definition) is 1. The van der Waals surface area contributed by atoms with E-state index < -0.39 is 11.2 Å². The Morgan fingerprint density at radius 1 is 1.27 bits per heavy atom. The van der Waals surface area contributed by atoms with Gasteiger partial charge in [-0.25, -0.2) is 0 Å². The first-order valence-corrected chi connectivity index (χ1v) is 9.40. The van der Waals surface area contributed by atoms with Gasteiger partial charge in [-0.15, -0.1) is 11.8 Å². The lowest BCUT2D eigenvalue weighted by atomic mass is 10.2. The van der Waals surface area contributed by atoms with Gasteiger partial charge in [0.2, 0.25) is 0 Å². The second kappa shape index (κ2) is 6.73. The molecule has 2 heterocycles. The summed E-state index contributed by atoms with van der Waals surface area (Å²) in [5.74, 6) is 1.39. The molecule has 1 atom stereocenters. The topological polar surface area (TPSA) is 64.6 Å². The van der Waals surface area contributed by atoms with Crippen LogP contribution in [0.1, 0.15) is 18.2 Å². The molecular weight excluding hydrogens is 314 g/mol. The van der Waals surface area contributed by atoms with E-state index in [-0.39, 0.29) is 0 Å². The molecular formula is C16H17N3OS2. The van der Waals surface area contributed by atoms with Crippen LogP contribution in [0.3, 0.4) is 0 Å². The molecule has 3 rings (SSSR count).